The van der Waals surface area contributed by atoms with Crippen molar-refractivity contribution in [3.05, 3.63) is 81.0 Å². The molecule has 2 aromatic carbocycles. The zero-order valence-corrected chi connectivity index (χ0v) is 17.4. The van der Waals surface area contributed by atoms with Gasteiger partial charge in [-0.2, -0.15) is 0 Å². The molecule has 0 radical (unpaired) electrons. The van der Waals surface area contributed by atoms with Crippen molar-refractivity contribution in [1.82, 2.24) is 14.9 Å². The Balaban J connectivity index is 1.43. The van der Waals surface area contributed by atoms with Gasteiger partial charge in [0.15, 0.2) is 0 Å². The van der Waals surface area contributed by atoms with E-state index in [1.54, 1.807) is 31.4 Å². The van der Waals surface area contributed by atoms with E-state index in [0.717, 1.165) is 36.9 Å². The number of ether oxygens (including phenoxy) is 1. The highest BCUT2D eigenvalue weighted by Crippen LogP contribution is 2.21. The van der Waals surface area contributed by atoms with Gasteiger partial charge in [-0.3, -0.25) is 9.69 Å². The summed E-state index contributed by atoms with van der Waals surface area (Å²) < 4.78 is 5.14. The molecule has 0 atom stereocenters. The summed E-state index contributed by atoms with van der Waals surface area (Å²) in [4.78, 5) is 34.8. The van der Waals surface area contributed by atoms with Crippen LogP contribution >= 0.6 is 11.6 Å². The molecule has 2 heterocycles. The summed E-state index contributed by atoms with van der Waals surface area (Å²) >= 11 is 5.97. The number of aromatic amines is 2. The number of H-pyrrole nitrogens is 2. The molecule has 0 unspecified atom stereocenters. The fourth-order valence-electron chi connectivity index (χ4n) is 3.66. The maximum Gasteiger partial charge on any atom is 0.323 e. The first-order chi connectivity index (χ1) is 14.5. The van der Waals surface area contributed by atoms with Gasteiger partial charge in [-0.25, -0.2) is 4.79 Å². The molecule has 2 N–H and O–H groups in total. The molecule has 0 aliphatic carbocycles. The zero-order valence-electron chi connectivity index (χ0n) is 16.7. The van der Waals surface area contributed by atoms with Crippen LogP contribution in [-0.2, 0) is 6.54 Å². The van der Waals surface area contributed by atoms with Crippen molar-refractivity contribution in [3.63, 3.8) is 0 Å². The highest BCUT2D eigenvalue weighted by atomic mass is 35.5. The third-order valence-corrected chi connectivity index (χ3v) is 5.58. The number of aromatic nitrogens is 2. The molecule has 1 aliphatic heterocycles. The van der Waals surface area contributed by atoms with Crippen LogP contribution in [0.3, 0.4) is 0 Å². The molecule has 156 valence electrons. The minimum Gasteiger partial charge on any atom is -0.497 e. The Kier molecular flexibility index (Phi) is 5.92. The van der Waals surface area contributed by atoms with E-state index >= 15 is 0 Å². The van der Waals surface area contributed by atoms with Crippen molar-refractivity contribution < 1.29 is 9.53 Å². The minimum absolute atomic E-state index is 0.217. The number of benzene rings is 2. The van der Waals surface area contributed by atoms with Gasteiger partial charge in [0.1, 0.15) is 11.4 Å². The predicted molar refractivity (Wildman–Crippen MR) is 117 cm³/mol. The zero-order chi connectivity index (χ0) is 21.1. The number of piperazine rings is 1. The van der Waals surface area contributed by atoms with Crippen LogP contribution in [0.15, 0.2) is 53.3 Å². The molecule has 1 aliphatic rings. The van der Waals surface area contributed by atoms with Gasteiger partial charge in [0, 0.05) is 49.0 Å². The van der Waals surface area contributed by atoms with E-state index in [9.17, 15) is 9.59 Å². The molecule has 1 aromatic heterocycles. The summed E-state index contributed by atoms with van der Waals surface area (Å²) in [5.74, 6) is 0.457. The minimum atomic E-state index is -0.373. The monoisotopic (exact) mass is 426 g/mol. The van der Waals surface area contributed by atoms with E-state index in [0.29, 0.717) is 29.2 Å². The third-order valence-electron chi connectivity index (χ3n) is 5.33. The van der Waals surface area contributed by atoms with E-state index in [1.807, 2.05) is 24.3 Å². The highest BCUT2D eigenvalue weighted by Gasteiger charge is 2.22. The number of nitrogens with zero attached hydrogens (tertiary/aromatic N) is 2. The first kappa shape index (κ1) is 20.3. The van der Waals surface area contributed by atoms with Gasteiger partial charge in [0.05, 0.1) is 12.8 Å². The van der Waals surface area contributed by atoms with E-state index in [-0.39, 0.29) is 11.5 Å². The number of anilines is 1. The van der Waals surface area contributed by atoms with Crippen molar-refractivity contribution in [2.45, 2.75) is 6.54 Å². The number of halogens is 1. The number of hydrogen-bond donors (Lipinski definition) is 2. The van der Waals surface area contributed by atoms with Gasteiger partial charge in [0.25, 0.3) is 0 Å². The molecule has 3 aromatic rings. The SMILES string of the molecule is COc1ccc(C(=O)c2[nH]c(=O)[nH]c2CN2CCN(c3ccc(Cl)cc3)CC2)cc1. The maximum absolute atomic E-state index is 12.9. The van der Waals surface area contributed by atoms with Gasteiger partial charge in [-0.05, 0) is 48.5 Å². The van der Waals surface area contributed by atoms with E-state index in [4.69, 9.17) is 16.3 Å². The van der Waals surface area contributed by atoms with E-state index < -0.39 is 0 Å². The summed E-state index contributed by atoms with van der Waals surface area (Å²) in [6.45, 7) is 3.87. The van der Waals surface area contributed by atoms with Crippen molar-refractivity contribution >= 4 is 23.1 Å². The lowest BCUT2D eigenvalue weighted by atomic mass is 10.1. The lowest BCUT2D eigenvalue weighted by Crippen LogP contribution is -2.46. The Bertz CT molecular complexity index is 1070. The molecule has 4 rings (SSSR count). The number of carbonyl (C=O) groups excluding carboxylic acids is 1. The second-order valence-electron chi connectivity index (χ2n) is 7.23. The predicted octanol–water partition coefficient (Wildman–Crippen LogP) is 2.92. The van der Waals surface area contributed by atoms with Gasteiger partial charge in [-0.15, -0.1) is 0 Å². The van der Waals surface area contributed by atoms with Crippen LogP contribution in [0.4, 0.5) is 5.69 Å². The van der Waals surface area contributed by atoms with Crippen LogP contribution in [0, 0.1) is 0 Å². The normalized spacial score (nSPS) is 14.7. The third kappa shape index (κ3) is 4.42. The molecule has 8 heteroatoms. The van der Waals surface area contributed by atoms with E-state index in [2.05, 4.69) is 19.8 Å². The average molecular weight is 427 g/mol. The van der Waals surface area contributed by atoms with Crippen molar-refractivity contribution in [2.24, 2.45) is 0 Å². The molecule has 0 amide bonds. The smallest absolute Gasteiger partial charge is 0.323 e. The second-order valence-corrected chi connectivity index (χ2v) is 7.67. The standard InChI is InChI=1S/C22H23ClN4O3/c1-30-18-8-2-15(3-9-18)21(28)20-19(24-22(29)25-20)14-26-10-12-27(13-11-26)17-6-4-16(23)5-7-17/h2-9H,10-14H2,1H3,(H2,24,25,29). The molecule has 7 nitrogen and oxygen atoms in total. The van der Waals surface area contributed by atoms with Gasteiger partial charge >= 0.3 is 5.69 Å². The number of methoxy groups -OCH3 is 1. The molecular formula is C22H23ClN4O3. The number of imidazole rings is 1. The number of rotatable bonds is 6. The molecule has 1 fully saturated rings. The summed E-state index contributed by atoms with van der Waals surface area (Å²) in [6, 6.07) is 14.7. The van der Waals surface area contributed by atoms with Gasteiger partial charge < -0.3 is 19.6 Å². The van der Waals surface area contributed by atoms with Crippen LogP contribution in [0.1, 0.15) is 21.7 Å². The average Bonchev–Trinajstić information content (AvgIpc) is 3.14. The second kappa shape index (κ2) is 8.77. The maximum atomic E-state index is 12.9. The number of hydrogen-bond acceptors (Lipinski definition) is 5. The van der Waals surface area contributed by atoms with Crippen LogP contribution < -0.4 is 15.3 Å². The fourth-order valence-corrected chi connectivity index (χ4v) is 3.78. The Morgan fingerprint density at radius 2 is 1.67 bits per heavy atom. The first-order valence-corrected chi connectivity index (χ1v) is 10.1. The first-order valence-electron chi connectivity index (χ1n) is 9.76. The molecule has 30 heavy (non-hydrogen) atoms. The quantitative estimate of drug-likeness (QED) is 0.592. The molecular weight excluding hydrogens is 404 g/mol. The number of nitrogens with one attached hydrogen (secondary N) is 2. The summed E-state index contributed by atoms with van der Waals surface area (Å²) in [5, 5.41) is 0.725. The largest absolute Gasteiger partial charge is 0.497 e. The Labute approximate surface area is 179 Å². The Hall–Kier alpha value is -3.03. The van der Waals surface area contributed by atoms with Gasteiger partial charge in [-0.1, -0.05) is 11.6 Å². The lowest BCUT2D eigenvalue weighted by molar-refractivity contribution is 0.103. The molecule has 0 bridgehead atoms. The van der Waals surface area contributed by atoms with Crippen molar-refractivity contribution in [1.29, 1.82) is 0 Å². The molecule has 0 spiro atoms. The van der Waals surface area contributed by atoms with Crippen molar-refractivity contribution in [3.8, 4) is 5.75 Å². The summed E-state index contributed by atoms with van der Waals surface area (Å²) in [6.07, 6.45) is 0. The Morgan fingerprint density at radius 1 is 1.00 bits per heavy atom. The molecule has 1 saturated heterocycles. The number of carbonyl (C=O) groups is 1. The summed E-state index contributed by atoms with van der Waals surface area (Å²) in [5.41, 5.74) is 2.19. The fraction of sp³-hybridized carbons (Fsp3) is 0.273. The van der Waals surface area contributed by atoms with Crippen LogP contribution in [0.2, 0.25) is 5.02 Å². The highest BCUT2D eigenvalue weighted by molar-refractivity contribution is 6.30. The summed E-state index contributed by atoms with van der Waals surface area (Å²) in [7, 11) is 1.57. The molecule has 0 saturated carbocycles. The van der Waals surface area contributed by atoms with Crippen LogP contribution in [0.5, 0.6) is 5.75 Å². The van der Waals surface area contributed by atoms with E-state index in [1.165, 1.54) is 0 Å². The van der Waals surface area contributed by atoms with Gasteiger partial charge in [0.2, 0.25) is 5.78 Å². The van der Waals surface area contributed by atoms with Crippen molar-refractivity contribution in [2.75, 3.05) is 38.2 Å². The lowest BCUT2D eigenvalue weighted by Gasteiger charge is -2.36. The topological polar surface area (TPSA) is 81.4 Å². The van der Waals surface area contributed by atoms with Crippen LogP contribution in [0.25, 0.3) is 0 Å². The Morgan fingerprint density at radius 3 is 2.30 bits per heavy atom. The number of ketones is 1. The van der Waals surface area contributed by atoms with Crippen LogP contribution in [-0.4, -0.2) is 53.9 Å².